The molecule has 2 aliphatic carbocycles. The summed E-state index contributed by atoms with van der Waals surface area (Å²) in [6.07, 6.45) is 6.54. The van der Waals surface area contributed by atoms with E-state index in [1.165, 1.54) is 41.4 Å². The molecule has 0 amide bonds. The molecule has 106 valence electrons. The number of anilines is 1. The fourth-order valence-corrected chi connectivity index (χ4v) is 3.68. The zero-order chi connectivity index (χ0) is 13.4. The van der Waals surface area contributed by atoms with E-state index in [0.717, 1.165) is 24.9 Å². The van der Waals surface area contributed by atoms with Crippen molar-refractivity contribution in [2.75, 3.05) is 11.9 Å². The molecule has 0 bridgehead atoms. The lowest BCUT2D eigenvalue weighted by Gasteiger charge is -2.23. The first-order valence-corrected chi connectivity index (χ1v) is 8.45. The van der Waals surface area contributed by atoms with Crippen LogP contribution in [0.4, 0.5) is 5.13 Å². The van der Waals surface area contributed by atoms with Crippen molar-refractivity contribution in [3.8, 4) is 0 Å². The van der Waals surface area contributed by atoms with Crippen molar-refractivity contribution in [1.82, 2.24) is 10.3 Å². The van der Waals surface area contributed by atoms with Crippen LogP contribution in [0.15, 0.2) is 0 Å². The highest BCUT2D eigenvalue weighted by Gasteiger charge is 2.32. The second-order valence-corrected chi connectivity index (χ2v) is 7.13. The van der Waals surface area contributed by atoms with E-state index in [4.69, 9.17) is 4.98 Å². The van der Waals surface area contributed by atoms with E-state index in [2.05, 4.69) is 31.1 Å². The molecule has 0 radical (unpaired) electrons. The first-order chi connectivity index (χ1) is 9.19. The molecule has 1 unspecified atom stereocenters. The average Bonchev–Trinajstić information content (AvgIpc) is 3.32. The highest BCUT2D eigenvalue weighted by molar-refractivity contribution is 7.15. The van der Waals surface area contributed by atoms with Crippen LogP contribution in [0.25, 0.3) is 0 Å². The van der Waals surface area contributed by atoms with Gasteiger partial charge in [0.25, 0.3) is 0 Å². The molecule has 0 aliphatic heterocycles. The van der Waals surface area contributed by atoms with Gasteiger partial charge in [-0.2, -0.15) is 0 Å². The zero-order valence-electron chi connectivity index (χ0n) is 12.3. The van der Waals surface area contributed by atoms with E-state index in [1.807, 2.05) is 11.3 Å². The summed E-state index contributed by atoms with van der Waals surface area (Å²) in [7, 11) is 2.21. The smallest absolute Gasteiger partial charge is 0.185 e. The summed E-state index contributed by atoms with van der Waals surface area (Å²) >= 11 is 1.89. The molecule has 0 saturated heterocycles. The number of aryl methyl sites for hydroxylation is 1. The predicted octanol–water partition coefficient (Wildman–Crippen LogP) is 3.19. The molecule has 2 saturated carbocycles. The minimum atomic E-state index is 0.639. The van der Waals surface area contributed by atoms with Crippen LogP contribution in [-0.2, 0) is 13.0 Å². The first kappa shape index (κ1) is 13.4. The third-order valence-electron chi connectivity index (χ3n) is 4.45. The van der Waals surface area contributed by atoms with E-state index in [-0.39, 0.29) is 0 Å². The van der Waals surface area contributed by atoms with Gasteiger partial charge in [-0.15, -0.1) is 11.3 Å². The van der Waals surface area contributed by atoms with Crippen molar-refractivity contribution in [1.29, 1.82) is 0 Å². The van der Waals surface area contributed by atoms with Crippen LogP contribution in [-0.4, -0.2) is 24.1 Å². The van der Waals surface area contributed by atoms with Crippen LogP contribution in [0.1, 0.15) is 50.1 Å². The van der Waals surface area contributed by atoms with Gasteiger partial charge in [0.05, 0.1) is 5.69 Å². The molecule has 3 nitrogen and oxygen atoms in total. The summed E-state index contributed by atoms with van der Waals surface area (Å²) in [5.41, 5.74) is 1.29. The Hall–Kier alpha value is -0.610. The summed E-state index contributed by atoms with van der Waals surface area (Å²) in [6, 6.07) is 1.42. The summed E-state index contributed by atoms with van der Waals surface area (Å²) in [5, 5.41) is 4.83. The minimum absolute atomic E-state index is 0.639. The summed E-state index contributed by atoms with van der Waals surface area (Å²) in [5.74, 6) is 0.895. The van der Waals surface area contributed by atoms with Gasteiger partial charge < -0.3 is 10.2 Å². The fraction of sp³-hybridized carbons (Fsp3) is 0.800. The molecule has 0 spiro atoms. The lowest BCUT2D eigenvalue weighted by molar-refractivity contribution is 0.607. The van der Waals surface area contributed by atoms with Gasteiger partial charge in [-0.25, -0.2) is 4.98 Å². The number of hydrogen-bond donors (Lipinski definition) is 1. The molecule has 1 N–H and O–H groups in total. The van der Waals surface area contributed by atoms with Gasteiger partial charge in [-0.1, -0.05) is 6.92 Å². The Bertz CT molecular complexity index is 435. The lowest BCUT2D eigenvalue weighted by atomic mass is 10.2. The van der Waals surface area contributed by atoms with E-state index in [1.54, 1.807) is 0 Å². The first-order valence-electron chi connectivity index (χ1n) is 7.63. The molecule has 2 fully saturated rings. The normalized spacial score (nSPS) is 20.6. The Labute approximate surface area is 120 Å². The number of nitrogens with zero attached hydrogens (tertiary/aromatic N) is 2. The van der Waals surface area contributed by atoms with Gasteiger partial charge in [0.15, 0.2) is 5.13 Å². The van der Waals surface area contributed by atoms with Crippen LogP contribution in [0.2, 0.25) is 0 Å². The predicted molar refractivity (Wildman–Crippen MR) is 81.9 cm³/mol. The molecule has 19 heavy (non-hydrogen) atoms. The summed E-state index contributed by atoms with van der Waals surface area (Å²) < 4.78 is 0. The van der Waals surface area contributed by atoms with Gasteiger partial charge in [-0.05, 0) is 44.9 Å². The minimum Gasteiger partial charge on any atom is -0.348 e. The maximum absolute atomic E-state index is 4.86. The van der Waals surface area contributed by atoms with Crippen molar-refractivity contribution in [2.24, 2.45) is 5.92 Å². The quantitative estimate of drug-likeness (QED) is 0.831. The Morgan fingerprint density at radius 1 is 1.37 bits per heavy atom. The summed E-state index contributed by atoms with van der Waals surface area (Å²) in [6.45, 7) is 5.56. The highest BCUT2D eigenvalue weighted by Crippen LogP contribution is 2.37. The standard InChI is InChI=1S/C15H25N3S/c1-4-13-14(9-16-12-7-8-12)19-15(17-13)18(3)10(2)11-5-6-11/h10-12,16H,4-9H2,1-3H3. The lowest BCUT2D eigenvalue weighted by Crippen LogP contribution is -2.30. The molecular weight excluding hydrogens is 254 g/mol. The molecule has 1 aromatic rings. The van der Waals surface area contributed by atoms with E-state index in [9.17, 15) is 0 Å². The van der Waals surface area contributed by atoms with Gasteiger partial charge in [-0.3, -0.25) is 0 Å². The van der Waals surface area contributed by atoms with Crippen LogP contribution < -0.4 is 10.2 Å². The summed E-state index contributed by atoms with van der Waals surface area (Å²) in [4.78, 5) is 8.70. The van der Waals surface area contributed by atoms with Crippen LogP contribution in [0.5, 0.6) is 0 Å². The number of rotatable bonds is 7. The SMILES string of the molecule is CCc1nc(N(C)C(C)C2CC2)sc1CNC1CC1. The highest BCUT2D eigenvalue weighted by atomic mass is 32.1. The van der Waals surface area contributed by atoms with Crippen LogP contribution >= 0.6 is 11.3 Å². The second-order valence-electron chi connectivity index (χ2n) is 6.06. The van der Waals surface area contributed by atoms with E-state index >= 15 is 0 Å². The van der Waals surface area contributed by atoms with Gasteiger partial charge in [0.2, 0.25) is 0 Å². The zero-order valence-corrected chi connectivity index (χ0v) is 13.1. The van der Waals surface area contributed by atoms with Crippen LogP contribution in [0.3, 0.4) is 0 Å². The molecular formula is C15H25N3S. The van der Waals surface area contributed by atoms with Crippen molar-refractivity contribution in [3.63, 3.8) is 0 Å². The Morgan fingerprint density at radius 2 is 2.11 bits per heavy atom. The Balaban J connectivity index is 1.69. The second kappa shape index (κ2) is 5.41. The molecule has 3 rings (SSSR count). The van der Waals surface area contributed by atoms with Crippen molar-refractivity contribution in [2.45, 2.75) is 64.6 Å². The van der Waals surface area contributed by atoms with E-state index < -0.39 is 0 Å². The maximum atomic E-state index is 4.86. The van der Waals surface area contributed by atoms with Crippen LogP contribution in [0, 0.1) is 5.92 Å². The molecule has 2 aliphatic rings. The third kappa shape index (κ3) is 3.11. The Morgan fingerprint density at radius 3 is 2.68 bits per heavy atom. The molecule has 0 aromatic carbocycles. The molecule has 1 heterocycles. The largest absolute Gasteiger partial charge is 0.348 e. The number of aromatic nitrogens is 1. The third-order valence-corrected chi connectivity index (χ3v) is 5.64. The average molecular weight is 279 g/mol. The van der Waals surface area contributed by atoms with Gasteiger partial charge >= 0.3 is 0 Å². The topological polar surface area (TPSA) is 28.2 Å². The van der Waals surface area contributed by atoms with Crippen molar-refractivity contribution >= 4 is 16.5 Å². The fourth-order valence-electron chi connectivity index (χ4n) is 2.53. The molecule has 1 aromatic heterocycles. The van der Waals surface area contributed by atoms with Gasteiger partial charge in [0.1, 0.15) is 0 Å². The monoisotopic (exact) mass is 279 g/mol. The van der Waals surface area contributed by atoms with Crippen molar-refractivity contribution < 1.29 is 0 Å². The van der Waals surface area contributed by atoms with E-state index in [0.29, 0.717) is 6.04 Å². The van der Waals surface area contributed by atoms with Gasteiger partial charge in [0, 0.05) is 30.6 Å². The molecule has 1 atom stereocenters. The number of nitrogens with one attached hydrogen (secondary N) is 1. The maximum Gasteiger partial charge on any atom is 0.185 e. The Kier molecular flexibility index (Phi) is 3.81. The number of thiazole rings is 1. The molecule has 4 heteroatoms. The van der Waals surface area contributed by atoms with Crippen molar-refractivity contribution in [3.05, 3.63) is 10.6 Å². The number of hydrogen-bond acceptors (Lipinski definition) is 4.